The second-order valence-corrected chi connectivity index (χ2v) is 10.4. The minimum atomic E-state index is -1.16. The molecule has 162 valence electrons. The van der Waals surface area contributed by atoms with E-state index in [1.54, 1.807) is 0 Å². The Balaban J connectivity index is 1.48. The maximum Gasteiger partial charge on any atom is 0.258 e. The highest BCUT2D eigenvalue weighted by Gasteiger charge is 2.29. The molecule has 1 unspecified atom stereocenters. The van der Waals surface area contributed by atoms with Gasteiger partial charge in [-0.2, -0.15) is 0 Å². The zero-order valence-electron chi connectivity index (χ0n) is 18.0. The largest absolute Gasteiger partial charge is 0.365 e. The number of primary amides is 1. The molecule has 1 aliphatic rings. The molecular weight excluding hydrogens is 426 g/mol. The monoisotopic (exact) mass is 453 g/mol. The van der Waals surface area contributed by atoms with Gasteiger partial charge in [0.05, 0.1) is 36.8 Å². The number of hydrogen-bond donors (Lipinski definition) is 2. The molecule has 1 atom stereocenters. The van der Waals surface area contributed by atoms with E-state index in [0.717, 1.165) is 57.7 Å². The van der Waals surface area contributed by atoms with Crippen LogP contribution in [0, 0.1) is 20.8 Å². The number of carbonyl (C=O) groups is 1. The van der Waals surface area contributed by atoms with E-state index in [9.17, 15) is 9.00 Å². The number of aryl methyl sites for hydroxylation is 2. The van der Waals surface area contributed by atoms with E-state index >= 15 is 0 Å². The fraction of sp³-hybridized carbons (Fsp3) is 0.292. The molecule has 0 saturated carbocycles. The molecule has 4 rings (SSSR count). The van der Waals surface area contributed by atoms with Crippen molar-refractivity contribution >= 4 is 39.4 Å². The maximum absolute atomic E-state index is 13.2. The van der Waals surface area contributed by atoms with Crippen LogP contribution in [0.4, 0.5) is 11.4 Å². The molecular formula is C24H27N3O2S2. The van der Waals surface area contributed by atoms with E-state index in [2.05, 4.69) is 36.2 Å². The second kappa shape index (κ2) is 8.94. The summed E-state index contributed by atoms with van der Waals surface area (Å²) >= 11 is 1.46. The van der Waals surface area contributed by atoms with Crippen LogP contribution in [0.3, 0.4) is 0 Å². The van der Waals surface area contributed by atoms with Gasteiger partial charge in [0.2, 0.25) is 0 Å². The number of nitrogens with one attached hydrogen (secondary N) is 1. The molecule has 2 heterocycles. The van der Waals surface area contributed by atoms with Gasteiger partial charge in [-0.15, -0.1) is 11.3 Å². The number of nitrogens with zero attached hydrogens (tertiary/aromatic N) is 1. The molecule has 0 fully saturated rings. The minimum absolute atomic E-state index is 0.371. The van der Waals surface area contributed by atoms with Gasteiger partial charge in [0.25, 0.3) is 5.91 Å². The summed E-state index contributed by atoms with van der Waals surface area (Å²) in [6, 6.07) is 13.9. The number of carbonyl (C=O) groups excluding carboxylic acids is 1. The third-order valence-electron chi connectivity index (χ3n) is 5.77. The lowest BCUT2D eigenvalue weighted by Crippen LogP contribution is -2.28. The third-order valence-corrected chi connectivity index (χ3v) is 8.50. The molecule has 0 aliphatic carbocycles. The van der Waals surface area contributed by atoms with Crippen molar-refractivity contribution in [2.45, 2.75) is 43.5 Å². The molecule has 2 aromatic carbocycles. The number of amides is 1. The van der Waals surface area contributed by atoms with E-state index < -0.39 is 10.8 Å². The summed E-state index contributed by atoms with van der Waals surface area (Å²) in [5.74, 6) is -0.371. The molecule has 3 N–H and O–H groups in total. The smallest absolute Gasteiger partial charge is 0.258 e. The Labute approximate surface area is 189 Å². The van der Waals surface area contributed by atoms with E-state index in [1.807, 2.05) is 37.3 Å². The van der Waals surface area contributed by atoms with Gasteiger partial charge in [0, 0.05) is 18.0 Å². The lowest BCUT2D eigenvalue weighted by Gasteiger charge is -2.34. The number of rotatable bonds is 7. The second-order valence-electron chi connectivity index (χ2n) is 7.85. The van der Waals surface area contributed by atoms with Crippen LogP contribution in [0.2, 0.25) is 0 Å². The molecule has 0 spiro atoms. The van der Waals surface area contributed by atoms with Crippen molar-refractivity contribution in [1.29, 1.82) is 0 Å². The van der Waals surface area contributed by atoms with Gasteiger partial charge in [-0.05, 0) is 74.7 Å². The fourth-order valence-electron chi connectivity index (χ4n) is 3.95. The molecule has 0 saturated heterocycles. The Morgan fingerprint density at radius 3 is 2.61 bits per heavy atom. The number of nitrogens with two attached hydrogens (primary N) is 1. The Bertz CT molecular complexity index is 1170. The van der Waals surface area contributed by atoms with Gasteiger partial charge >= 0.3 is 0 Å². The Kier molecular flexibility index (Phi) is 6.27. The van der Waals surface area contributed by atoms with Crippen molar-refractivity contribution in [3.05, 3.63) is 68.9 Å². The lowest BCUT2D eigenvalue weighted by molar-refractivity contribution is 0.100. The van der Waals surface area contributed by atoms with Crippen LogP contribution in [0.15, 0.2) is 52.3 Å². The van der Waals surface area contributed by atoms with E-state index in [1.165, 1.54) is 22.5 Å². The summed E-state index contributed by atoms with van der Waals surface area (Å²) in [5, 5.41) is 3.49. The number of fused-ring (bicyclic) bond motifs is 2. The van der Waals surface area contributed by atoms with Crippen molar-refractivity contribution in [2.24, 2.45) is 5.73 Å². The van der Waals surface area contributed by atoms with Crippen molar-refractivity contribution < 1.29 is 9.00 Å². The quantitative estimate of drug-likeness (QED) is 0.514. The summed E-state index contributed by atoms with van der Waals surface area (Å²) in [5.41, 5.74) is 11.0. The third kappa shape index (κ3) is 4.18. The predicted octanol–water partition coefficient (Wildman–Crippen LogP) is 4.57. The molecule has 7 heteroatoms. The van der Waals surface area contributed by atoms with Crippen LogP contribution in [-0.4, -0.2) is 23.2 Å². The van der Waals surface area contributed by atoms with E-state index in [0.29, 0.717) is 4.88 Å². The molecule has 1 amide bonds. The summed E-state index contributed by atoms with van der Waals surface area (Å²) in [7, 11) is -1.16. The summed E-state index contributed by atoms with van der Waals surface area (Å²) in [6.45, 7) is 8.61. The Morgan fingerprint density at radius 2 is 1.87 bits per heavy atom. The standard InChI is InChI=1S/C24H27N3O2S2/c1-15-9-10-22-23(17(15)3)27(18-7-4-5-8-21(18)31(22)29)12-6-11-26-14-20-16(2)13-19(30-20)24(25)28/h4-5,7-10,13,26H,6,11-12,14H2,1-3H3,(H2,25,28). The van der Waals surface area contributed by atoms with Gasteiger partial charge < -0.3 is 16.0 Å². The lowest BCUT2D eigenvalue weighted by atomic mass is 10.1. The van der Waals surface area contributed by atoms with Gasteiger partial charge in [-0.25, -0.2) is 4.21 Å². The highest BCUT2D eigenvalue weighted by atomic mass is 32.2. The van der Waals surface area contributed by atoms with Gasteiger partial charge in [0.1, 0.15) is 0 Å². The molecule has 0 bridgehead atoms. The van der Waals surface area contributed by atoms with Gasteiger partial charge in [-0.3, -0.25) is 4.79 Å². The number of thiophene rings is 1. The highest BCUT2D eigenvalue weighted by molar-refractivity contribution is 7.85. The fourth-order valence-corrected chi connectivity index (χ4v) is 6.38. The van der Waals surface area contributed by atoms with Crippen LogP contribution in [0.25, 0.3) is 0 Å². The van der Waals surface area contributed by atoms with Crippen molar-refractivity contribution in [3.63, 3.8) is 0 Å². The molecule has 31 heavy (non-hydrogen) atoms. The first kappa shape index (κ1) is 21.7. The van der Waals surface area contributed by atoms with Gasteiger partial charge in [0.15, 0.2) is 0 Å². The van der Waals surface area contributed by atoms with Crippen molar-refractivity contribution in [3.8, 4) is 0 Å². The highest BCUT2D eigenvalue weighted by Crippen LogP contribution is 2.44. The van der Waals surface area contributed by atoms with Gasteiger partial charge in [-0.1, -0.05) is 18.2 Å². The average molecular weight is 454 g/mol. The first-order valence-electron chi connectivity index (χ1n) is 10.4. The van der Waals surface area contributed by atoms with Crippen molar-refractivity contribution in [2.75, 3.05) is 18.0 Å². The predicted molar refractivity (Wildman–Crippen MR) is 128 cm³/mol. The molecule has 1 aliphatic heterocycles. The van der Waals surface area contributed by atoms with Crippen LogP contribution in [-0.2, 0) is 17.3 Å². The molecule has 1 aromatic heterocycles. The topological polar surface area (TPSA) is 75.4 Å². The number of para-hydroxylation sites is 1. The molecule has 5 nitrogen and oxygen atoms in total. The minimum Gasteiger partial charge on any atom is -0.365 e. The zero-order chi connectivity index (χ0) is 22.1. The van der Waals surface area contributed by atoms with Crippen LogP contribution in [0.1, 0.15) is 37.7 Å². The number of hydrogen-bond acceptors (Lipinski definition) is 5. The number of benzene rings is 2. The summed E-state index contributed by atoms with van der Waals surface area (Å²) in [6.07, 6.45) is 0.931. The molecule has 0 radical (unpaired) electrons. The Hall–Kier alpha value is -2.48. The zero-order valence-corrected chi connectivity index (χ0v) is 19.7. The summed E-state index contributed by atoms with van der Waals surface area (Å²) in [4.78, 5) is 17.2. The van der Waals surface area contributed by atoms with E-state index in [-0.39, 0.29) is 5.91 Å². The maximum atomic E-state index is 13.2. The van der Waals surface area contributed by atoms with Crippen molar-refractivity contribution in [1.82, 2.24) is 5.32 Å². The first-order chi connectivity index (χ1) is 14.9. The van der Waals surface area contributed by atoms with Crippen LogP contribution >= 0.6 is 11.3 Å². The van der Waals surface area contributed by atoms with Crippen LogP contribution in [0.5, 0.6) is 0 Å². The average Bonchev–Trinajstić information content (AvgIpc) is 3.13. The van der Waals surface area contributed by atoms with Crippen LogP contribution < -0.4 is 16.0 Å². The molecule has 3 aromatic rings. The first-order valence-corrected chi connectivity index (χ1v) is 12.3. The Morgan fingerprint density at radius 1 is 1.10 bits per heavy atom. The SMILES string of the molecule is Cc1cc(C(N)=O)sc1CNCCCN1c2ccccc2S(=O)c2ccc(C)c(C)c21. The normalized spacial score (nSPS) is 14.9. The number of anilines is 2. The summed E-state index contributed by atoms with van der Waals surface area (Å²) < 4.78 is 13.2. The van der Waals surface area contributed by atoms with E-state index in [4.69, 9.17) is 5.73 Å².